The molecule has 0 bridgehead atoms. The van der Waals surface area contributed by atoms with Gasteiger partial charge in [0.05, 0.1) is 0 Å². The van der Waals surface area contributed by atoms with Crippen LogP contribution >= 0.6 is 11.3 Å². The van der Waals surface area contributed by atoms with Gasteiger partial charge in [-0.25, -0.2) is 0 Å². The first kappa shape index (κ1) is 14.1. The maximum atomic E-state index is 6.66. The molecule has 2 unspecified atom stereocenters. The van der Waals surface area contributed by atoms with E-state index < -0.39 is 0 Å². The molecule has 0 spiro atoms. The third-order valence-corrected chi connectivity index (χ3v) is 5.43. The summed E-state index contributed by atoms with van der Waals surface area (Å²) < 4.78 is 0. The molecule has 18 heavy (non-hydrogen) atoms. The van der Waals surface area contributed by atoms with Crippen LogP contribution in [0.2, 0.25) is 0 Å². The minimum atomic E-state index is 0.0465. The molecule has 2 N–H and O–H groups in total. The first-order valence-electron chi connectivity index (χ1n) is 7.20. The van der Waals surface area contributed by atoms with E-state index in [0.717, 1.165) is 12.3 Å². The lowest BCUT2D eigenvalue weighted by atomic mass is 9.76. The zero-order valence-corrected chi connectivity index (χ0v) is 12.9. The van der Waals surface area contributed by atoms with Crippen molar-refractivity contribution in [1.82, 2.24) is 0 Å². The summed E-state index contributed by atoms with van der Waals surface area (Å²) >= 11 is 1.85. The van der Waals surface area contributed by atoms with Crippen molar-refractivity contribution >= 4 is 11.3 Å². The monoisotopic (exact) mass is 265 g/mol. The Balaban J connectivity index is 1.99. The van der Waals surface area contributed by atoms with Crippen molar-refractivity contribution in [2.75, 3.05) is 0 Å². The Morgan fingerprint density at radius 2 is 2.11 bits per heavy atom. The Morgan fingerprint density at radius 1 is 1.33 bits per heavy atom. The van der Waals surface area contributed by atoms with E-state index in [-0.39, 0.29) is 5.54 Å². The number of rotatable bonds is 2. The molecule has 1 fully saturated rings. The summed E-state index contributed by atoms with van der Waals surface area (Å²) in [6.07, 6.45) is 7.40. The van der Waals surface area contributed by atoms with Gasteiger partial charge in [-0.1, -0.05) is 33.3 Å². The largest absolute Gasteiger partial charge is 0.325 e. The van der Waals surface area contributed by atoms with Gasteiger partial charge in [0, 0.05) is 10.4 Å². The molecule has 1 aliphatic carbocycles. The van der Waals surface area contributed by atoms with Gasteiger partial charge >= 0.3 is 0 Å². The van der Waals surface area contributed by atoms with Gasteiger partial charge in [-0.2, -0.15) is 0 Å². The first-order valence-corrected chi connectivity index (χ1v) is 8.08. The number of hydrogen-bond donors (Lipinski definition) is 1. The Bertz CT molecular complexity index is 363. The van der Waals surface area contributed by atoms with Gasteiger partial charge in [0.15, 0.2) is 0 Å². The van der Waals surface area contributed by atoms with Crippen LogP contribution in [0.1, 0.15) is 57.8 Å². The molecule has 1 aromatic heterocycles. The standard InChI is InChI=1S/C16H27NS/c1-15(2,3)13-6-4-9-16(17,10-8-13)12-14-7-5-11-18-14/h5,7,11,13H,4,6,8-10,12,17H2,1-3H3. The summed E-state index contributed by atoms with van der Waals surface area (Å²) in [5.41, 5.74) is 7.15. The second kappa shape index (κ2) is 5.34. The predicted molar refractivity (Wildman–Crippen MR) is 81.0 cm³/mol. The Morgan fingerprint density at radius 3 is 2.72 bits per heavy atom. The fourth-order valence-electron chi connectivity index (χ4n) is 3.23. The molecule has 0 aromatic carbocycles. The molecule has 1 heterocycles. The average Bonchev–Trinajstić information content (AvgIpc) is 2.65. The SMILES string of the molecule is CC(C)(C)C1CCCC(N)(Cc2cccs2)CC1. The van der Waals surface area contributed by atoms with E-state index in [1.807, 2.05) is 11.3 Å². The van der Waals surface area contributed by atoms with Crippen LogP contribution in [0.5, 0.6) is 0 Å². The van der Waals surface area contributed by atoms with Gasteiger partial charge in [-0.3, -0.25) is 0 Å². The van der Waals surface area contributed by atoms with Crippen molar-refractivity contribution in [2.45, 2.75) is 64.8 Å². The number of hydrogen-bond acceptors (Lipinski definition) is 2. The minimum Gasteiger partial charge on any atom is -0.325 e. The molecule has 1 aliphatic rings. The van der Waals surface area contributed by atoms with Crippen LogP contribution in [0.25, 0.3) is 0 Å². The number of thiophene rings is 1. The van der Waals surface area contributed by atoms with Gasteiger partial charge in [0.25, 0.3) is 0 Å². The van der Waals surface area contributed by atoms with E-state index in [2.05, 4.69) is 38.3 Å². The zero-order chi connectivity index (χ0) is 13.2. The highest BCUT2D eigenvalue weighted by atomic mass is 32.1. The fraction of sp³-hybridized carbons (Fsp3) is 0.750. The smallest absolute Gasteiger partial charge is 0.0203 e. The summed E-state index contributed by atoms with van der Waals surface area (Å²) in [6.45, 7) is 7.13. The maximum Gasteiger partial charge on any atom is 0.0203 e. The Labute approximate surface area is 116 Å². The average molecular weight is 265 g/mol. The fourth-order valence-corrected chi connectivity index (χ4v) is 4.09. The minimum absolute atomic E-state index is 0.0465. The maximum absolute atomic E-state index is 6.66. The van der Waals surface area contributed by atoms with Crippen molar-refractivity contribution < 1.29 is 0 Å². The van der Waals surface area contributed by atoms with Crippen molar-refractivity contribution in [3.05, 3.63) is 22.4 Å². The van der Waals surface area contributed by atoms with E-state index in [9.17, 15) is 0 Å². The van der Waals surface area contributed by atoms with Crippen molar-refractivity contribution in [3.8, 4) is 0 Å². The normalized spacial score (nSPS) is 30.1. The van der Waals surface area contributed by atoms with E-state index in [4.69, 9.17) is 5.73 Å². The molecule has 1 aromatic rings. The van der Waals surface area contributed by atoms with Crippen LogP contribution in [0.4, 0.5) is 0 Å². The van der Waals surface area contributed by atoms with Crippen LogP contribution < -0.4 is 5.73 Å². The van der Waals surface area contributed by atoms with Crippen molar-refractivity contribution in [3.63, 3.8) is 0 Å². The lowest BCUT2D eigenvalue weighted by molar-refractivity contribution is 0.210. The molecule has 2 heteroatoms. The topological polar surface area (TPSA) is 26.0 Å². The highest BCUT2D eigenvalue weighted by molar-refractivity contribution is 7.09. The molecule has 0 saturated heterocycles. The first-order chi connectivity index (χ1) is 8.39. The van der Waals surface area contributed by atoms with Gasteiger partial charge in [0.2, 0.25) is 0 Å². The molecular weight excluding hydrogens is 238 g/mol. The highest BCUT2D eigenvalue weighted by Crippen LogP contribution is 2.40. The third kappa shape index (κ3) is 3.58. The van der Waals surface area contributed by atoms with Gasteiger partial charge in [0.1, 0.15) is 0 Å². The van der Waals surface area contributed by atoms with E-state index in [0.29, 0.717) is 5.41 Å². The summed E-state index contributed by atoms with van der Waals surface area (Å²) in [7, 11) is 0. The van der Waals surface area contributed by atoms with Gasteiger partial charge < -0.3 is 5.73 Å². The van der Waals surface area contributed by atoms with Crippen molar-refractivity contribution in [1.29, 1.82) is 0 Å². The molecule has 1 saturated carbocycles. The van der Waals surface area contributed by atoms with Crippen LogP contribution in [0.3, 0.4) is 0 Å². The van der Waals surface area contributed by atoms with Gasteiger partial charge in [-0.15, -0.1) is 11.3 Å². The van der Waals surface area contributed by atoms with Crippen LogP contribution in [-0.4, -0.2) is 5.54 Å². The van der Waals surface area contributed by atoms with Crippen molar-refractivity contribution in [2.24, 2.45) is 17.1 Å². The third-order valence-electron chi connectivity index (χ3n) is 4.55. The zero-order valence-electron chi connectivity index (χ0n) is 12.0. The molecule has 1 nitrogen and oxygen atoms in total. The van der Waals surface area contributed by atoms with Gasteiger partial charge in [-0.05, 0) is 54.9 Å². The van der Waals surface area contributed by atoms with E-state index >= 15 is 0 Å². The van der Waals surface area contributed by atoms with Crippen LogP contribution in [0, 0.1) is 11.3 Å². The van der Waals surface area contributed by atoms with Crippen LogP contribution in [0.15, 0.2) is 17.5 Å². The second-order valence-electron chi connectivity index (χ2n) is 7.11. The molecule has 2 atom stereocenters. The molecule has 0 aliphatic heterocycles. The lowest BCUT2D eigenvalue weighted by Gasteiger charge is -2.31. The predicted octanol–water partition coefficient (Wildman–Crippen LogP) is 4.61. The molecule has 2 rings (SSSR count). The second-order valence-corrected chi connectivity index (χ2v) is 8.14. The van der Waals surface area contributed by atoms with E-state index in [1.54, 1.807) is 0 Å². The summed E-state index contributed by atoms with van der Waals surface area (Å²) in [4.78, 5) is 1.45. The molecule has 0 amide bonds. The quantitative estimate of drug-likeness (QED) is 0.776. The Kier molecular flexibility index (Phi) is 4.18. The molecule has 0 radical (unpaired) electrons. The molecular formula is C16H27NS. The van der Waals surface area contributed by atoms with Crippen LogP contribution in [-0.2, 0) is 6.42 Å². The van der Waals surface area contributed by atoms with E-state index in [1.165, 1.54) is 37.0 Å². The molecule has 102 valence electrons. The highest BCUT2D eigenvalue weighted by Gasteiger charge is 2.33. The lowest BCUT2D eigenvalue weighted by Crippen LogP contribution is -2.41. The summed E-state index contributed by atoms with van der Waals surface area (Å²) in [5.74, 6) is 0.839. The Hall–Kier alpha value is -0.340. The number of nitrogens with two attached hydrogens (primary N) is 1. The summed E-state index contributed by atoms with van der Waals surface area (Å²) in [5, 5.41) is 2.16. The summed E-state index contributed by atoms with van der Waals surface area (Å²) in [6, 6.07) is 4.36.